The zero-order valence-corrected chi connectivity index (χ0v) is 14.3. The molecule has 1 N–H and O–H groups in total. The SMILES string of the molecule is CCCNCC1(CN(C)CC2CCCO2)CCCCCC1. The Morgan fingerprint density at radius 2 is 1.90 bits per heavy atom. The molecule has 2 aliphatic rings. The highest BCUT2D eigenvalue weighted by atomic mass is 16.5. The fourth-order valence-corrected chi connectivity index (χ4v) is 4.17. The van der Waals surface area contributed by atoms with Crippen LogP contribution in [0.4, 0.5) is 0 Å². The predicted octanol–water partition coefficient (Wildman–Crippen LogP) is 3.44. The Balaban J connectivity index is 1.86. The highest BCUT2D eigenvalue weighted by molar-refractivity contribution is 4.87. The fourth-order valence-electron chi connectivity index (χ4n) is 4.17. The highest BCUT2D eigenvalue weighted by Crippen LogP contribution is 2.35. The van der Waals surface area contributed by atoms with Gasteiger partial charge in [-0.3, -0.25) is 0 Å². The Morgan fingerprint density at radius 1 is 1.14 bits per heavy atom. The molecule has 2 fully saturated rings. The molecule has 1 saturated heterocycles. The second kappa shape index (κ2) is 9.12. The van der Waals surface area contributed by atoms with Gasteiger partial charge in [-0.15, -0.1) is 0 Å². The van der Waals surface area contributed by atoms with E-state index in [-0.39, 0.29) is 0 Å². The zero-order chi connectivity index (χ0) is 15.0. The smallest absolute Gasteiger partial charge is 0.0702 e. The van der Waals surface area contributed by atoms with Crippen molar-refractivity contribution < 1.29 is 4.74 Å². The molecule has 2 rings (SSSR count). The maximum absolute atomic E-state index is 5.81. The molecule has 0 bridgehead atoms. The maximum atomic E-state index is 5.81. The van der Waals surface area contributed by atoms with Crippen LogP contribution < -0.4 is 5.32 Å². The number of ether oxygens (including phenoxy) is 1. The third-order valence-corrected chi connectivity index (χ3v) is 5.24. The molecule has 1 aliphatic carbocycles. The lowest BCUT2D eigenvalue weighted by Crippen LogP contribution is -2.44. The minimum Gasteiger partial charge on any atom is -0.377 e. The number of hydrogen-bond donors (Lipinski definition) is 1. The zero-order valence-electron chi connectivity index (χ0n) is 14.3. The van der Waals surface area contributed by atoms with E-state index in [1.165, 1.54) is 70.9 Å². The second-order valence-corrected chi connectivity index (χ2v) is 7.42. The van der Waals surface area contributed by atoms with Crippen molar-refractivity contribution >= 4 is 0 Å². The number of likely N-dealkylation sites (N-methyl/N-ethyl adjacent to an activating group) is 1. The van der Waals surface area contributed by atoms with Crippen molar-refractivity contribution in [2.75, 3.05) is 39.8 Å². The van der Waals surface area contributed by atoms with Gasteiger partial charge in [0.15, 0.2) is 0 Å². The molecule has 0 amide bonds. The monoisotopic (exact) mass is 296 g/mol. The van der Waals surface area contributed by atoms with Gasteiger partial charge >= 0.3 is 0 Å². The van der Waals surface area contributed by atoms with Gasteiger partial charge in [-0.25, -0.2) is 0 Å². The summed E-state index contributed by atoms with van der Waals surface area (Å²) in [5, 5.41) is 3.71. The topological polar surface area (TPSA) is 24.5 Å². The van der Waals surface area contributed by atoms with Crippen molar-refractivity contribution in [1.82, 2.24) is 10.2 Å². The summed E-state index contributed by atoms with van der Waals surface area (Å²) in [4.78, 5) is 2.55. The Bertz CT molecular complexity index is 268. The van der Waals surface area contributed by atoms with E-state index in [2.05, 4.69) is 24.2 Å². The van der Waals surface area contributed by atoms with E-state index in [1.807, 2.05) is 0 Å². The molecule has 1 saturated carbocycles. The molecule has 0 radical (unpaired) electrons. The second-order valence-electron chi connectivity index (χ2n) is 7.42. The number of hydrogen-bond acceptors (Lipinski definition) is 3. The molecule has 0 spiro atoms. The molecule has 0 aromatic carbocycles. The maximum Gasteiger partial charge on any atom is 0.0702 e. The molecule has 1 atom stereocenters. The van der Waals surface area contributed by atoms with E-state index >= 15 is 0 Å². The Labute approximate surface area is 131 Å². The largest absolute Gasteiger partial charge is 0.377 e. The first kappa shape index (κ1) is 17.2. The van der Waals surface area contributed by atoms with Crippen molar-refractivity contribution in [3.63, 3.8) is 0 Å². The number of nitrogens with zero attached hydrogens (tertiary/aromatic N) is 1. The lowest BCUT2D eigenvalue weighted by atomic mass is 9.79. The van der Waals surface area contributed by atoms with E-state index in [9.17, 15) is 0 Å². The van der Waals surface area contributed by atoms with Crippen LogP contribution >= 0.6 is 0 Å². The average Bonchev–Trinajstić information content (AvgIpc) is 2.85. The normalized spacial score (nSPS) is 26.1. The minimum atomic E-state index is 0.487. The molecule has 1 unspecified atom stereocenters. The lowest BCUT2D eigenvalue weighted by Gasteiger charge is -2.37. The summed E-state index contributed by atoms with van der Waals surface area (Å²) < 4.78 is 5.81. The van der Waals surface area contributed by atoms with Crippen LogP contribution in [-0.4, -0.2) is 50.8 Å². The van der Waals surface area contributed by atoms with E-state index in [0.29, 0.717) is 11.5 Å². The number of rotatable bonds is 8. The summed E-state index contributed by atoms with van der Waals surface area (Å²) in [5.41, 5.74) is 0.499. The summed E-state index contributed by atoms with van der Waals surface area (Å²) in [7, 11) is 2.30. The molecule has 21 heavy (non-hydrogen) atoms. The van der Waals surface area contributed by atoms with E-state index in [0.717, 1.165) is 19.7 Å². The minimum absolute atomic E-state index is 0.487. The van der Waals surface area contributed by atoms with Gasteiger partial charge in [-0.05, 0) is 51.1 Å². The Kier molecular flexibility index (Phi) is 7.48. The van der Waals surface area contributed by atoms with Crippen LogP contribution in [0.25, 0.3) is 0 Å². The Hall–Kier alpha value is -0.120. The van der Waals surface area contributed by atoms with E-state index < -0.39 is 0 Å². The van der Waals surface area contributed by atoms with Crippen LogP contribution in [0.5, 0.6) is 0 Å². The van der Waals surface area contributed by atoms with Crippen LogP contribution in [0.3, 0.4) is 0 Å². The molecular weight excluding hydrogens is 260 g/mol. The van der Waals surface area contributed by atoms with Crippen molar-refractivity contribution in [1.29, 1.82) is 0 Å². The average molecular weight is 296 g/mol. The van der Waals surface area contributed by atoms with Gasteiger partial charge < -0.3 is 15.0 Å². The van der Waals surface area contributed by atoms with Gasteiger partial charge in [0.25, 0.3) is 0 Å². The molecule has 3 heteroatoms. The molecule has 1 heterocycles. The summed E-state index contributed by atoms with van der Waals surface area (Å²) in [6.45, 7) is 7.96. The van der Waals surface area contributed by atoms with E-state index in [4.69, 9.17) is 4.74 Å². The van der Waals surface area contributed by atoms with Gasteiger partial charge in [-0.1, -0.05) is 32.6 Å². The third-order valence-electron chi connectivity index (χ3n) is 5.24. The molecular formula is C18H36N2O. The van der Waals surface area contributed by atoms with Crippen molar-refractivity contribution in [2.24, 2.45) is 5.41 Å². The number of nitrogens with one attached hydrogen (secondary N) is 1. The predicted molar refractivity (Wildman–Crippen MR) is 89.8 cm³/mol. The summed E-state index contributed by atoms with van der Waals surface area (Å²) in [5.74, 6) is 0. The molecule has 124 valence electrons. The van der Waals surface area contributed by atoms with Crippen LogP contribution in [0, 0.1) is 5.41 Å². The molecule has 3 nitrogen and oxygen atoms in total. The molecule has 1 aliphatic heterocycles. The van der Waals surface area contributed by atoms with Crippen LogP contribution in [-0.2, 0) is 4.74 Å². The fraction of sp³-hybridized carbons (Fsp3) is 1.00. The Morgan fingerprint density at radius 3 is 2.52 bits per heavy atom. The van der Waals surface area contributed by atoms with Gasteiger partial charge in [-0.2, -0.15) is 0 Å². The van der Waals surface area contributed by atoms with Crippen LogP contribution in [0.1, 0.15) is 64.7 Å². The first-order valence-electron chi connectivity index (χ1n) is 9.25. The standard InChI is InChI=1S/C18H36N2O/c1-3-12-19-15-18(10-6-4-5-7-11-18)16-20(2)14-17-9-8-13-21-17/h17,19H,3-16H2,1-2H3. The quantitative estimate of drug-likeness (QED) is 0.548. The summed E-state index contributed by atoms with van der Waals surface area (Å²) in [6, 6.07) is 0. The van der Waals surface area contributed by atoms with Crippen molar-refractivity contribution in [2.45, 2.75) is 70.8 Å². The van der Waals surface area contributed by atoms with E-state index in [1.54, 1.807) is 0 Å². The lowest BCUT2D eigenvalue weighted by molar-refractivity contribution is 0.0603. The first-order chi connectivity index (χ1) is 10.2. The van der Waals surface area contributed by atoms with Gasteiger partial charge in [0.2, 0.25) is 0 Å². The third kappa shape index (κ3) is 5.88. The van der Waals surface area contributed by atoms with Crippen LogP contribution in [0.15, 0.2) is 0 Å². The van der Waals surface area contributed by atoms with Gasteiger partial charge in [0.1, 0.15) is 0 Å². The van der Waals surface area contributed by atoms with Crippen LogP contribution in [0.2, 0.25) is 0 Å². The highest BCUT2D eigenvalue weighted by Gasteiger charge is 2.32. The summed E-state index contributed by atoms with van der Waals surface area (Å²) >= 11 is 0. The van der Waals surface area contributed by atoms with Gasteiger partial charge in [0, 0.05) is 26.2 Å². The first-order valence-corrected chi connectivity index (χ1v) is 9.25. The molecule has 0 aromatic heterocycles. The van der Waals surface area contributed by atoms with Crippen molar-refractivity contribution in [3.8, 4) is 0 Å². The summed E-state index contributed by atoms with van der Waals surface area (Å²) in [6.07, 6.45) is 12.7. The van der Waals surface area contributed by atoms with Crippen molar-refractivity contribution in [3.05, 3.63) is 0 Å². The molecule has 0 aromatic rings. The van der Waals surface area contributed by atoms with Gasteiger partial charge in [0.05, 0.1) is 6.10 Å².